The largest absolute Gasteiger partial charge is 0.497 e. The number of nitro groups is 1. The number of nitrogens with zero attached hydrogens (tertiary/aromatic N) is 3. The third kappa shape index (κ3) is 10.4. The van der Waals surface area contributed by atoms with Crippen LogP contribution >= 0.6 is 0 Å². The maximum Gasteiger partial charge on any atom is 0.269 e. The molecule has 0 saturated heterocycles. The minimum absolute atomic E-state index is 0.0181. The fourth-order valence-corrected chi connectivity index (χ4v) is 9.55. The molecule has 1 amide bonds. The monoisotopic (exact) mass is 851 g/mol. The van der Waals surface area contributed by atoms with Crippen LogP contribution in [-0.2, 0) is 27.4 Å². The van der Waals surface area contributed by atoms with Gasteiger partial charge in [0.15, 0.2) is 0 Å². The minimum atomic E-state index is -1.40. The molecule has 3 aliphatic rings. The van der Waals surface area contributed by atoms with Crippen LogP contribution < -0.4 is 14.2 Å². The summed E-state index contributed by atoms with van der Waals surface area (Å²) in [5.41, 5.74) is 4.02. The van der Waals surface area contributed by atoms with Gasteiger partial charge in [0.1, 0.15) is 36.5 Å². The SMILES string of the molecule is C=CCOc1ccc2c(c1)C1C(CCCCO)C(CCCCO)C=C3C(=NOCc4ccc([N+](=O)[O-])cc4)CC(N(CCC)C(=O)Cc4cccc(OC)c4)C(OCC=C)(O2)C31. The number of methoxy groups -OCH3 is 1. The van der Waals surface area contributed by atoms with E-state index in [-0.39, 0.29) is 68.6 Å². The second-order valence-corrected chi connectivity index (χ2v) is 16.2. The van der Waals surface area contributed by atoms with Crippen molar-refractivity contribution >= 4 is 17.3 Å². The molecule has 3 aromatic carbocycles. The van der Waals surface area contributed by atoms with Gasteiger partial charge >= 0.3 is 0 Å². The van der Waals surface area contributed by atoms with Crippen molar-refractivity contribution in [2.45, 2.75) is 89.1 Å². The van der Waals surface area contributed by atoms with Crippen molar-refractivity contribution in [2.24, 2.45) is 22.9 Å². The lowest BCUT2D eigenvalue weighted by molar-refractivity contribution is -0.384. The van der Waals surface area contributed by atoms with Crippen molar-refractivity contribution < 1.29 is 43.7 Å². The normalized spacial score (nSPS) is 22.9. The third-order valence-corrected chi connectivity index (χ3v) is 12.2. The Kier molecular flexibility index (Phi) is 16.4. The van der Waals surface area contributed by atoms with E-state index in [4.69, 9.17) is 28.9 Å². The van der Waals surface area contributed by atoms with Crippen LogP contribution in [0.3, 0.4) is 0 Å². The number of carbonyl (C=O) groups excluding carboxylic acids is 1. The van der Waals surface area contributed by atoms with E-state index >= 15 is 0 Å². The van der Waals surface area contributed by atoms with Crippen molar-refractivity contribution in [3.05, 3.63) is 130 Å². The molecule has 2 N–H and O–H groups in total. The molecule has 0 spiro atoms. The average Bonchev–Trinajstić information content (AvgIpc) is 3.28. The van der Waals surface area contributed by atoms with Gasteiger partial charge in [0.05, 0.1) is 36.7 Å². The number of aliphatic hydroxyl groups is 2. The Morgan fingerprint density at radius 3 is 2.44 bits per heavy atom. The molecule has 62 heavy (non-hydrogen) atoms. The summed E-state index contributed by atoms with van der Waals surface area (Å²) in [5, 5.41) is 36.1. The van der Waals surface area contributed by atoms with E-state index in [1.807, 2.05) is 48.2 Å². The zero-order chi connectivity index (χ0) is 44.1. The van der Waals surface area contributed by atoms with Gasteiger partial charge in [-0.05, 0) is 103 Å². The Morgan fingerprint density at radius 2 is 1.74 bits per heavy atom. The summed E-state index contributed by atoms with van der Waals surface area (Å²) >= 11 is 0. The molecular formula is C49H61N3O10. The predicted octanol–water partition coefficient (Wildman–Crippen LogP) is 8.48. The Labute approximate surface area is 364 Å². The lowest BCUT2D eigenvalue weighted by Crippen LogP contribution is -2.70. The summed E-state index contributed by atoms with van der Waals surface area (Å²) < 4.78 is 26.0. The standard InChI is InChI=1S/C49H61N3O10/c1-5-23-51(46(55)29-35-13-12-15-38(28-35)58-4)45-32-43(50-61-33-34-17-19-37(20-18-34)52(56)57)41-30-36(14-8-10-24-53)40(16-9-11-25-54)47-42-31-39(59-26-6-2)21-22-44(42)62-49(45,48(41)47)60-27-7-3/h6-7,12-13,15,17-22,28,30-31,36,40,45,47-48,53-54H,2-3,5,8-11,14,16,23-27,29,32-33H2,1,4H3. The first-order valence-electron chi connectivity index (χ1n) is 21.8. The topological polar surface area (TPSA) is 162 Å². The summed E-state index contributed by atoms with van der Waals surface area (Å²) in [6, 6.07) is 18.9. The van der Waals surface area contributed by atoms with Crippen LogP contribution in [0.1, 0.15) is 80.9 Å². The Balaban J connectivity index is 1.56. The lowest BCUT2D eigenvalue weighted by Gasteiger charge is -2.60. The molecule has 6 atom stereocenters. The zero-order valence-corrected chi connectivity index (χ0v) is 36.0. The molecule has 1 aliphatic heterocycles. The summed E-state index contributed by atoms with van der Waals surface area (Å²) in [6.45, 7) is 11.0. The number of oxime groups is 1. The molecule has 0 radical (unpaired) electrons. The number of allylic oxidation sites excluding steroid dienone is 1. The van der Waals surface area contributed by atoms with Gasteiger partial charge in [0.2, 0.25) is 11.7 Å². The van der Waals surface area contributed by atoms with E-state index < -0.39 is 22.7 Å². The van der Waals surface area contributed by atoms with Crippen molar-refractivity contribution in [3.63, 3.8) is 0 Å². The highest BCUT2D eigenvalue weighted by Crippen LogP contribution is 2.62. The van der Waals surface area contributed by atoms with Crippen LogP contribution in [0.25, 0.3) is 0 Å². The molecule has 1 heterocycles. The molecule has 13 nitrogen and oxygen atoms in total. The number of non-ortho nitro benzene ring substituents is 1. The fraction of sp³-hybridized carbons (Fsp3) is 0.469. The van der Waals surface area contributed by atoms with Gasteiger partial charge in [-0.3, -0.25) is 14.9 Å². The number of rotatable bonds is 24. The Hall–Kier alpha value is -5.50. The molecule has 0 bridgehead atoms. The maximum absolute atomic E-state index is 14.9. The highest BCUT2D eigenvalue weighted by Gasteiger charge is 2.65. The summed E-state index contributed by atoms with van der Waals surface area (Å²) in [4.78, 5) is 33.9. The predicted molar refractivity (Wildman–Crippen MR) is 237 cm³/mol. The van der Waals surface area contributed by atoms with Crippen molar-refractivity contribution in [3.8, 4) is 17.2 Å². The number of aliphatic hydroxyl groups excluding tert-OH is 2. The van der Waals surface area contributed by atoms with Gasteiger partial charge in [-0.25, -0.2) is 0 Å². The van der Waals surface area contributed by atoms with Gasteiger partial charge in [-0.1, -0.05) is 61.9 Å². The van der Waals surface area contributed by atoms with E-state index in [1.54, 1.807) is 31.4 Å². The number of amides is 1. The summed E-state index contributed by atoms with van der Waals surface area (Å²) in [6.07, 6.45) is 11.2. The van der Waals surface area contributed by atoms with E-state index in [9.17, 15) is 25.1 Å². The molecule has 1 fully saturated rings. The molecule has 1 saturated carbocycles. The van der Waals surface area contributed by atoms with Crippen LogP contribution in [0, 0.1) is 27.9 Å². The van der Waals surface area contributed by atoms with Crippen molar-refractivity contribution in [1.82, 2.24) is 4.90 Å². The Bertz CT molecular complexity index is 2070. The number of unbranched alkanes of at least 4 members (excludes halogenated alkanes) is 2. The molecule has 6 rings (SSSR count). The van der Waals surface area contributed by atoms with Gasteiger partial charge < -0.3 is 38.9 Å². The van der Waals surface area contributed by atoms with Crippen LogP contribution in [-0.4, -0.2) is 83.6 Å². The van der Waals surface area contributed by atoms with Crippen molar-refractivity contribution in [2.75, 3.05) is 40.1 Å². The van der Waals surface area contributed by atoms with Crippen LogP contribution in [0.15, 0.2) is 109 Å². The first-order chi connectivity index (χ1) is 30.2. The third-order valence-electron chi connectivity index (χ3n) is 12.2. The first kappa shape index (κ1) is 46.0. The smallest absolute Gasteiger partial charge is 0.269 e. The molecule has 13 heteroatoms. The van der Waals surface area contributed by atoms with Gasteiger partial charge in [-0.2, -0.15) is 0 Å². The quantitative estimate of drug-likeness (QED) is 0.0387. The van der Waals surface area contributed by atoms with E-state index in [2.05, 4.69) is 25.3 Å². The Morgan fingerprint density at radius 1 is 0.984 bits per heavy atom. The second kappa shape index (κ2) is 22.0. The van der Waals surface area contributed by atoms with E-state index in [1.165, 1.54) is 12.1 Å². The number of hydrogen-bond donors (Lipinski definition) is 2. The summed E-state index contributed by atoms with van der Waals surface area (Å²) in [5.74, 6) is -0.144. The summed E-state index contributed by atoms with van der Waals surface area (Å²) in [7, 11) is 1.60. The minimum Gasteiger partial charge on any atom is -0.497 e. The zero-order valence-electron chi connectivity index (χ0n) is 36.0. The molecular weight excluding hydrogens is 791 g/mol. The highest BCUT2D eigenvalue weighted by atomic mass is 16.7. The average molecular weight is 852 g/mol. The molecule has 3 aromatic rings. The van der Waals surface area contributed by atoms with Crippen LogP contribution in [0.5, 0.6) is 17.2 Å². The number of carbonyl (C=O) groups is 1. The lowest BCUT2D eigenvalue weighted by atomic mass is 9.55. The molecule has 6 unspecified atom stereocenters. The highest BCUT2D eigenvalue weighted by molar-refractivity contribution is 6.03. The van der Waals surface area contributed by atoms with Crippen LogP contribution in [0.4, 0.5) is 5.69 Å². The van der Waals surface area contributed by atoms with Gasteiger partial charge in [0, 0.05) is 49.8 Å². The number of nitro benzene ring substituents is 1. The van der Waals surface area contributed by atoms with Gasteiger partial charge in [-0.15, -0.1) is 6.58 Å². The van der Waals surface area contributed by atoms with Crippen LogP contribution in [0.2, 0.25) is 0 Å². The van der Waals surface area contributed by atoms with Crippen molar-refractivity contribution in [1.29, 1.82) is 0 Å². The number of ether oxygens (including phenoxy) is 4. The van der Waals surface area contributed by atoms with E-state index in [0.717, 1.165) is 42.4 Å². The first-order valence-corrected chi connectivity index (χ1v) is 21.8. The number of benzene rings is 3. The number of fused-ring (bicyclic) bond motifs is 2. The van der Waals surface area contributed by atoms with Gasteiger partial charge in [0.25, 0.3) is 5.69 Å². The second-order valence-electron chi connectivity index (χ2n) is 16.2. The molecule has 0 aromatic heterocycles. The molecule has 332 valence electrons. The number of hydrogen-bond acceptors (Lipinski definition) is 11. The van der Waals surface area contributed by atoms with E-state index in [0.29, 0.717) is 60.9 Å². The maximum atomic E-state index is 14.9. The fourth-order valence-electron chi connectivity index (χ4n) is 9.55. The molecule has 2 aliphatic carbocycles.